The maximum absolute atomic E-state index is 16.9. The summed E-state index contributed by atoms with van der Waals surface area (Å²) >= 11 is 0. The topological polar surface area (TPSA) is 72.3 Å². The lowest BCUT2D eigenvalue weighted by molar-refractivity contribution is -0.197. The lowest BCUT2D eigenvalue weighted by atomic mass is 9.78. The minimum Gasteiger partial charge on any atom is -0.374 e. The van der Waals surface area contributed by atoms with E-state index in [1.807, 2.05) is 6.92 Å². The second-order valence-corrected chi connectivity index (χ2v) is 11.3. The van der Waals surface area contributed by atoms with Gasteiger partial charge in [0.25, 0.3) is 5.91 Å². The molecule has 3 heterocycles. The molecule has 0 spiro atoms. The first-order valence-corrected chi connectivity index (χ1v) is 13.1. The molecule has 1 N–H and O–H groups in total. The first kappa shape index (κ1) is 26.8. The van der Waals surface area contributed by atoms with Crippen molar-refractivity contribution in [1.29, 1.82) is 0 Å². The van der Waals surface area contributed by atoms with Crippen LogP contribution < -0.4 is 10.2 Å². The van der Waals surface area contributed by atoms with Gasteiger partial charge in [0, 0.05) is 35.9 Å². The van der Waals surface area contributed by atoms with Crippen LogP contribution in [-0.2, 0) is 36.7 Å². The highest BCUT2D eigenvalue weighted by molar-refractivity contribution is 6.10. The van der Waals surface area contributed by atoms with Crippen LogP contribution in [0.4, 0.5) is 27.6 Å². The monoisotopic (exact) mass is 561 g/mol. The fourth-order valence-electron chi connectivity index (χ4n) is 5.78. The zero-order chi connectivity index (χ0) is 28.5. The molecule has 1 saturated heterocycles. The molecule has 3 aliphatic rings. The Morgan fingerprint density at radius 2 is 1.88 bits per heavy atom. The highest BCUT2D eigenvalue weighted by Gasteiger charge is 2.63. The molecule has 2 aromatic carbocycles. The number of benzene rings is 2. The number of carbonyl (C=O) groups is 1. The summed E-state index contributed by atoms with van der Waals surface area (Å²) in [6, 6.07) is 8.15. The average molecular weight is 562 g/mol. The Kier molecular flexibility index (Phi) is 6.08. The molecule has 0 bridgehead atoms. The van der Waals surface area contributed by atoms with Crippen LogP contribution >= 0.6 is 0 Å². The third-order valence-corrected chi connectivity index (χ3v) is 8.44. The van der Waals surface area contributed by atoms with Gasteiger partial charge in [-0.1, -0.05) is 12.1 Å². The van der Waals surface area contributed by atoms with Gasteiger partial charge < -0.3 is 19.5 Å². The Hall–Kier alpha value is -3.38. The van der Waals surface area contributed by atoms with Crippen molar-refractivity contribution in [3.8, 4) is 0 Å². The molecule has 6 rings (SSSR count). The van der Waals surface area contributed by atoms with Gasteiger partial charge in [0.05, 0.1) is 25.3 Å². The largest absolute Gasteiger partial charge is 0.416 e. The number of hydrogen-bond donors (Lipinski definition) is 1. The first-order chi connectivity index (χ1) is 18.8. The van der Waals surface area contributed by atoms with Gasteiger partial charge in [-0.3, -0.25) is 4.79 Å². The molecule has 0 radical (unpaired) electrons. The Morgan fingerprint density at radius 3 is 2.45 bits per heavy atom. The SMILES string of the molecule is Cn1cnnc1C(F)(c1cccc(N2Cc3c(cc(CNC4(C)CCC4)cc3C(F)(F)F)C2=O)c1)C1(F)COC1. The van der Waals surface area contributed by atoms with Crippen molar-refractivity contribution in [1.82, 2.24) is 20.1 Å². The van der Waals surface area contributed by atoms with E-state index in [0.29, 0.717) is 5.56 Å². The van der Waals surface area contributed by atoms with Crippen LogP contribution in [0.2, 0.25) is 0 Å². The summed E-state index contributed by atoms with van der Waals surface area (Å²) in [5.74, 6) is -0.928. The zero-order valence-electron chi connectivity index (χ0n) is 22.0. The molecular weight excluding hydrogens is 533 g/mol. The number of nitrogens with one attached hydrogen (secondary N) is 1. The molecule has 3 aromatic rings. The van der Waals surface area contributed by atoms with Gasteiger partial charge in [-0.15, -0.1) is 10.2 Å². The van der Waals surface area contributed by atoms with Gasteiger partial charge in [-0.25, -0.2) is 8.78 Å². The Bertz CT molecular complexity index is 1480. The first-order valence-electron chi connectivity index (χ1n) is 13.1. The number of amides is 1. The van der Waals surface area contributed by atoms with E-state index in [1.165, 1.54) is 48.3 Å². The van der Waals surface area contributed by atoms with Crippen molar-refractivity contribution in [3.63, 3.8) is 0 Å². The van der Waals surface area contributed by atoms with Crippen LogP contribution in [0.5, 0.6) is 0 Å². The number of rotatable bonds is 7. The van der Waals surface area contributed by atoms with E-state index < -0.39 is 42.2 Å². The van der Waals surface area contributed by atoms with Gasteiger partial charge >= 0.3 is 6.18 Å². The molecule has 12 heteroatoms. The number of aryl methyl sites for hydroxylation is 1. The van der Waals surface area contributed by atoms with E-state index in [0.717, 1.165) is 30.2 Å². The molecular formula is C28H28F5N5O2. The Labute approximate surface area is 227 Å². The van der Waals surface area contributed by atoms with Crippen molar-refractivity contribution in [2.45, 2.75) is 62.3 Å². The quantitative estimate of drug-likeness (QED) is 0.412. The van der Waals surface area contributed by atoms with Crippen LogP contribution in [0.3, 0.4) is 0 Å². The maximum atomic E-state index is 16.9. The summed E-state index contributed by atoms with van der Waals surface area (Å²) in [5, 5.41) is 10.8. The van der Waals surface area contributed by atoms with E-state index in [9.17, 15) is 18.0 Å². The highest BCUT2D eigenvalue weighted by atomic mass is 19.4. The van der Waals surface area contributed by atoms with E-state index in [1.54, 1.807) is 0 Å². The number of carbonyl (C=O) groups excluding carboxylic acids is 1. The number of aromatic nitrogens is 3. The smallest absolute Gasteiger partial charge is 0.374 e. The standard InChI is InChI=1S/C28H28F5N5O2/c1-25(7-4-8-25)34-12-17-9-20-21(22(10-17)28(31,32)33)13-38(23(20)39)19-6-3-5-18(11-19)27(30,26(29)14-40-15-26)24-36-35-16-37(24)2/h3,5-6,9-11,16,34H,4,7-8,12-15H2,1-2H3. The number of alkyl halides is 5. The summed E-state index contributed by atoms with van der Waals surface area (Å²) in [6.07, 6.45) is -0.509. The van der Waals surface area contributed by atoms with Crippen molar-refractivity contribution >= 4 is 11.6 Å². The third kappa shape index (κ3) is 4.11. The van der Waals surface area contributed by atoms with Crippen molar-refractivity contribution in [2.24, 2.45) is 7.05 Å². The molecule has 1 aliphatic carbocycles. The van der Waals surface area contributed by atoms with E-state index in [4.69, 9.17) is 4.74 Å². The molecule has 1 amide bonds. The number of fused-ring (bicyclic) bond motifs is 1. The van der Waals surface area contributed by atoms with Crippen LogP contribution in [0, 0.1) is 0 Å². The second kappa shape index (κ2) is 9.07. The summed E-state index contributed by atoms with van der Waals surface area (Å²) in [7, 11) is 1.48. The van der Waals surface area contributed by atoms with Crippen LogP contribution in [0.15, 0.2) is 42.7 Å². The normalized spacial score (nSPS) is 21.0. The predicted molar refractivity (Wildman–Crippen MR) is 135 cm³/mol. The Morgan fingerprint density at radius 1 is 1.12 bits per heavy atom. The maximum Gasteiger partial charge on any atom is 0.416 e. The summed E-state index contributed by atoms with van der Waals surface area (Å²) in [5.41, 5.74) is -6.08. The van der Waals surface area contributed by atoms with Crippen LogP contribution in [-0.4, -0.2) is 45.1 Å². The summed E-state index contributed by atoms with van der Waals surface area (Å²) < 4.78 is 81.4. The van der Waals surface area contributed by atoms with Crippen molar-refractivity contribution < 1.29 is 31.5 Å². The fourth-order valence-corrected chi connectivity index (χ4v) is 5.78. The van der Waals surface area contributed by atoms with E-state index in [-0.39, 0.29) is 46.8 Å². The van der Waals surface area contributed by atoms with Crippen LogP contribution in [0.25, 0.3) is 0 Å². The van der Waals surface area contributed by atoms with Gasteiger partial charge in [-0.2, -0.15) is 13.2 Å². The lowest BCUT2D eigenvalue weighted by Gasteiger charge is -2.44. The van der Waals surface area contributed by atoms with Gasteiger partial charge in [0.1, 0.15) is 6.33 Å². The Balaban J connectivity index is 1.37. The summed E-state index contributed by atoms with van der Waals surface area (Å²) in [4.78, 5) is 14.7. The average Bonchev–Trinajstić information content (AvgIpc) is 3.46. The summed E-state index contributed by atoms with van der Waals surface area (Å²) in [6.45, 7) is 0.833. The number of nitrogens with zero attached hydrogens (tertiary/aromatic N) is 4. The van der Waals surface area contributed by atoms with Crippen molar-refractivity contribution in [3.05, 3.63) is 76.4 Å². The van der Waals surface area contributed by atoms with Crippen molar-refractivity contribution in [2.75, 3.05) is 18.1 Å². The molecule has 1 unspecified atom stereocenters. The molecule has 2 fully saturated rings. The minimum atomic E-state index is -4.68. The number of anilines is 1. The number of ether oxygens (including phenoxy) is 1. The molecule has 212 valence electrons. The van der Waals surface area contributed by atoms with E-state index >= 15 is 8.78 Å². The fraction of sp³-hybridized carbons (Fsp3) is 0.464. The third-order valence-electron chi connectivity index (χ3n) is 8.44. The van der Waals surface area contributed by atoms with E-state index in [2.05, 4.69) is 15.5 Å². The lowest BCUT2D eigenvalue weighted by Crippen LogP contribution is -2.60. The second-order valence-electron chi connectivity index (χ2n) is 11.3. The molecule has 1 saturated carbocycles. The number of halogens is 5. The highest BCUT2D eigenvalue weighted by Crippen LogP contribution is 2.49. The van der Waals surface area contributed by atoms with Gasteiger partial charge in [-0.05, 0) is 61.6 Å². The predicted octanol–water partition coefficient (Wildman–Crippen LogP) is 4.98. The molecule has 7 nitrogen and oxygen atoms in total. The molecule has 1 atom stereocenters. The molecule has 40 heavy (non-hydrogen) atoms. The van der Waals surface area contributed by atoms with Gasteiger partial charge in [0.2, 0.25) is 11.3 Å². The zero-order valence-corrected chi connectivity index (χ0v) is 22.0. The van der Waals surface area contributed by atoms with Gasteiger partial charge in [0.15, 0.2) is 5.82 Å². The van der Waals surface area contributed by atoms with Crippen LogP contribution in [0.1, 0.15) is 64.6 Å². The molecule has 1 aromatic heterocycles. The number of hydrogen-bond acceptors (Lipinski definition) is 5. The minimum absolute atomic E-state index is 0.0510. The molecule has 2 aliphatic heterocycles.